The number of hydrogen-bond donors (Lipinski definition) is 2. The van der Waals surface area contributed by atoms with E-state index in [0.717, 1.165) is 10.9 Å². The van der Waals surface area contributed by atoms with Gasteiger partial charge in [0.15, 0.2) is 0 Å². The Bertz CT molecular complexity index is 537. The summed E-state index contributed by atoms with van der Waals surface area (Å²) in [6, 6.07) is 5.53. The second-order valence-corrected chi connectivity index (χ2v) is 5.42. The number of rotatable bonds is 2. The van der Waals surface area contributed by atoms with Gasteiger partial charge in [-0.2, -0.15) is 5.10 Å². The predicted molar refractivity (Wildman–Crippen MR) is 67.9 cm³/mol. The van der Waals surface area contributed by atoms with E-state index in [4.69, 9.17) is 0 Å². The Morgan fingerprint density at radius 1 is 1.41 bits per heavy atom. The van der Waals surface area contributed by atoms with Crippen LogP contribution in [-0.4, -0.2) is 22.6 Å². The summed E-state index contributed by atoms with van der Waals surface area (Å²) in [5.74, 6) is -0.0450. The maximum Gasteiger partial charge on any atom is 0.251 e. The molecule has 0 saturated carbocycles. The van der Waals surface area contributed by atoms with Gasteiger partial charge in [-0.25, -0.2) is 0 Å². The van der Waals surface area contributed by atoms with Crippen LogP contribution in [0.1, 0.15) is 31.1 Å². The summed E-state index contributed by atoms with van der Waals surface area (Å²) in [6.07, 6.45) is 1.74. The number of nitrogens with one attached hydrogen (secondary N) is 2. The monoisotopic (exact) mass is 231 g/mol. The van der Waals surface area contributed by atoms with Gasteiger partial charge in [-0.15, -0.1) is 0 Å². The zero-order chi connectivity index (χ0) is 12.5. The third kappa shape index (κ3) is 2.84. The Morgan fingerprint density at radius 3 is 2.88 bits per heavy atom. The molecular weight excluding hydrogens is 214 g/mol. The lowest BCUT2D eigenvalue weighted by Gasteiger charge is -2.18. The Labute approximate surface area is 100 Å². The Kier molecular flexibility index (Phi) is 2.88. The minimum absolute atomic E-state index is 0.0450. The molecule has 17 heavy (non-hydrogen) atoms. The fourth-order valence-electron chi connectivity index (χ4n) is 1.53. The number of benzene rings is 1. The second kappa shape index (κ2) is 4.20. The summed E-state index contributed by atoms with van der Waals surface area (Å²) in [7, 11) is 0. The molecule has 1 heterocycles. The van der Waals surface area contributed by atoms with Gasteiger partial charge in [0.05, 0.1) is 11.7 Å². The first kappa shape index (κ1) is 11.6. The van der Waals surface area contributed by atoms with E-state index in [2.05, 4.69) is 36.3 Å². The highest BCUT2D eigenvalue weighted by atomic mass is 16.1. The molecule has 2 N–H and O–H groups in total. The fourth-order valence-corrected chi connectivity index (χ4v) is 1.53. The molecule has 1 aromatic carbocycles. The van der Waals surface area contributed by atoms with Crippen LogP contribution >= 0.6 is 0 Å². The highest BCUT2D eigenvalue weighted by molar-refractivity contribution is 5.97. The fraction of sp³-hybridized carbons (Fsp3) is 0.385. The Morgan fingerprint density at radius 2 is 2.18 bits per heavy atom. The molecule has 0 bridgehead atoms. The maximum atomic E-state index is 11.9. The summed E-state index contributed by atoms with van der Waals surface area (Å²) in [6.45, 7) is 6.93. The van der Waals surface area contributed by atoms with Crippen LogP contribution in [0.5, 0.6) is 0 Å². The van der Waals surface area contributed by atoms with Crippen molar-refractivity contribution < 1.29 is 4.79 Å². The minimum Gasteiger partial charge on any atom is -0.352 e. The number of carbonyl (C=O) groups is 1. The van der Waals surface area contributed by atoms with Gasteiger partial charge in [-0.1, -0.05) is 26.8 Å². The summed E-state index contributed by atoms with van der Waals surface area (Å²) < 4.78 is 0. The second-order valence-electron chi connectivity index (χ2n) is 5.42. The third-order valence-electron chi connectivity index (χ3n) is 2.48. The van der Waals surface area contributed by atoms with E-state index < -0.39 is 0 Å². The van der Waals surface area contributed by atoms with Gasteiger partial charge in [-0.05, 0) is 17.5 Å². The van der Waals surface area contributed by atoms with Crippen molar-refractivity contribution >= 4 is 16.8 Å². The molecule has 0 aliphatic rings. The SMILES string of the molecule is CC(C)(C)CNC(=O)c1ccc2cn[nH]c2c1. The molecule has 0 aliphatic heterocycles. The van der Waals surface area contributed by atoms with Gasteiger partial charge in [0.25, 0.3) is 5.91 Å². The number of H-pyrrole nitrogens is 1. The summed E-state index contributed by atoms with van der Waals surface area (Å²) >= 11 is 0. The number of fused-ring (bicyclic) bond motifs is 1. The van der Waals surface area contributed by atoms with Crippen molar-refractivity contribution in [3.63, 3.8) is 0 Å². The van der Waals surface area contributed by atoms with Gasteiger partial charge in [0, 0.05) is 17.5 Å². The van der Waals surface area contributed by atoms with E-state index in [-0.39, 0.29) is 11.3 Å². The van der Waals surface area contributed by atoms with Crippen molar-refractivity contribution in [3.8, 4) is 0 Å². The van der Waals surface area contributed by atoms with Gasteiger partial charge in [0.2, 0.25) is 0 Å². The van der Waals surface area contributed by atoms with Crippen molar-refractivity contribution in [2.24, 2.45) is 5.41 Å². The normalized spacial score (nSPS) is 11.7. The van der Waals surface area contributed by atoms with E-state index in [1.807, 2.05) is 18.2 Å². The molecule has 0 spiro atoms. The van der Waals surface area contributed by atoms with Gasteiger partial charge >= 0.3 is 0 Å². The smallest absolute Gasteiger partial charge is 0.251 e. The van der Waals surface area contributed by atoms with Crippen LogP contribution in [0.15, 0.2) is 24.4 Å². The molecule has 4 nitrogen and oxygen atoms in total. The lowest BCUT2D eigenvalue weighted by Crippen LogP contribution is -2.32. The lowest BCUT2D eigenvalue weighted by atomic mass is 9.97. The zero-order valence-corrected chi connectivity index (χ0v) is 10.4. The molecule has 2 rings (SSSR count). The largest absolute Gasteiger partial charge is 0.352 e. The quantitative estimate of drug-likeness (QED) is 0.833. The predicted octanol–water partition coefficient (Wildman–Crippen LogP) is 2.34. The molecule has 90 valence electrons. The van der Waals surface area contributed by atoms with E-state index in [1.54, 1.807) is 6.20 Å². The standard InChI is InChI=1S/C13H17N3O/c1-13(2,3)8-14-12(17)9-4-5-10-7-15-16-11(10)6-9/h4-7H,8H2,1-3H3,(H,14,17)(H,15,16). The molecular formula is C13H17N3O. The first-order valence-electron chi connectivity index (χ1n) is 5.67. The topological polar surface area (TPSA) is 57.8 Å². The molecule has 0 fully saturated rings. The molecule has 0 aliphatic carbocycles. The Balaban J connectivity index is 2.13. The van der Waals surface area contributed by atoms with Crippen molar-refractivity contribution in [2.45, 2.75) is 20.8 Å². The van der Waals surface area contributed by atoms with Crippen molar-refractivity contribution in [1.82, 2.24) is 15.5 Å². The van der Waals surface area contributed by atoms with Crippen LogP contribution in [0.25, 0.3) is 10.9 Å². The number of amides is 1. The van der Waals surface area contributed by atoms with Crippen LogP contribution < -0.4 is 5.32 Å². The molecule has 2 aromatic rings. The number of aromatic nitrogens is 2. The van der Waals surface area contributed by atoms with Crippen molar-refractivity contribution in [3.05, 3.63) is 30.0 Å². The molecule has 0 saturated heterocycles. The van der Waals surface area contributed by atoms with Gasteiger partial charge in [-0.3, -0.25) is 9.89 Å². The molecule has 1 amide bonds. The first-order chi connectivity index (χ1) is 7.96. The average Bonchev–Trinajstić information content (AvgIpc) is 2.71. The van der Waals surface area contributed by atoms with E-state index in [1.165, 1.54) is 0 Å². The van der Waals surface area contributed by atoms with Crippen LogP contribution in [0, 0.1) is 5.41 Å². The number of aromatic amines is 1. The van der Waals surface area contributed by atoms with E-state index >= 15 is 0 Å². The summed E-state index contributed by atoms with van der Waals surface area (Å²) in [5.41, 5.74) is 1.63. The Hall–Kier alpha value is -1.84. The summed E-state index contributed by atoms with van der Waals surface area (Å²) in [4.78, 5) is 11.9. The van der Waals surface area contributed by atoms with E-state index in [9.17, 15) is 4.79 Å². The number of nitrogens with zero attached hydrogens (tertiary/aromatic N) is 1. The zero-order valence-electron chi connectivity index (χ0n) is 10.4. The van der Waals surface area contributed by atoms with Crippen LogP contribution in [-0.2, 0) is 0 Å². The molecule has 0 atom stereocenters. The molecule has 1 aromatic heterocycles. The molecule has 4 heteroatoms. The van der Waals surface area contributed by atoms with Crippen molar-refractivity contribution in [2.75, 3.05) is 6.54 Å². The van der Waals surface area contributed by atoms with E-state index in [0.29, 0.717) is 12.1 Å². The average molecular weight is 231 g/mol. The number of hydrogen-bond acceptors (Lipinski definition) is 2. The third-order valence-corrected chi connectivity index (χ3v) is 2.48. The van der Waals surface area contributed by atoms with Crippen LogP contribution in [0.3, 0.4) is 0 Å². The molecule has 0 radical (unpaired) electrons. The maximum absolute atomic E-state index is 11.9. The number of carbonyl (C=O) groups excluding carboxylic acids is 1. The lowest BCUT2D eigenvalue weighted by molar-refractivity contribution is 0.0939. The molecule has 0 unspecified atom stereocenters. The van der Waals surface area contributed by atoms with Crippen LogP contribution in [0.2, 0.25) is 0 Å². The van der Waals surface area contributed by atoms with Gasteiger partial charge < -0.3 is 5.32 Å². The van der Waals surface area contributed by atoms with Crippen molar-refractivity contribution in [1.29, 1.82) is 0 Å². The van der Waals surface area contributed by atoms with Gasteiger partial charge in [0.1, 0.15) is 0 Å². The highest BCUT2D eigenvalue weighted by Gasteiger charge is 2.13. The first-order valence-corrected chi connectivity index (χ1v) is 5.67. The highest BCUT2D eigenvalue weighted by Crippen LogP contribution is 2.14. The van der Waals surface area contributed by atoms with Crippen LogP contribution in [0.4, 0.5) is 0 Å². The minimum atomic E-state index is -0.0450. The summed E-state index contributed by atoms with van der Waals surface area (Å²) in [5, 5.41) is 10.7.